The highest BCUT2D eigenvalue weighted by molar-refractivity contribution is 7.90. The van der Waals surface area contributed by atoms with Crippen LogP contribution >= 0.6 is 0 Å². The van der Waals surface area contributed by atoms with E-state index in [9.17, 15) is 46.3 Å². The van der Waals surface area contributed by atoms with Gasteiger partial charge in [-0.1, -0.05) is 12.1 Å². The fraction of sp³-hybridized carbons (Fsp3) is 0.357. The standard InChI is InChI=1S/C28H27F3N4O6S/c1-27(2,39)11-12-33-25(37)35-24(19-8-7-16(15-32)13-22(19)42(3,40)41)23-20(9-10-21(23)36)34(26(35)38)18-6-4-5-17(14-18)28(29,30)31/h4-8,13-14,24,39H,9-12H2,1-3H3,(H,33,37)/t24-/m1/s1. The van der Waals surface area contributed by atoms with E-state index < -0.39 is 56.0 Å². The molecule has 0 bridgehead atoms. The maximum absolute atomic E-state index is 14.1. The summed E-state index contributed by atoms with van der Waals surface area (Å²) in [6.07, 6.45) is -4.01. The Labute approximate surface area is 239 Å². The average Bonchev–Trinajstić information content (AvgIpc) is 3.26. The smallest absolute Gasteiger partial charge is 0.390 e. The molecule has 4 rings (SSSR count). The number of imide groups is 1. The van der Waals surface area contributed by atoms with Gasteiger partial charge < -0.3 is 10.4 Å². The van der Waals surface area contributed by atoms with Gasteiger partial charge in [0.05, 0.1) is 33.4 Å². The van der Waals surface area contributed by atoms with E-state index in [-0.39, 0.29) is 53.9 Å². The number of sulfone groups is 1. The van der Waals surface area contributed by atoms with Crippen LogP contribution in [0.4, 0.5) is 28.4 Å². The Balaban J connectivity index is 1.97. The minimum atomic E-state index is -4.75. The Morgan fingerprint density at radius 2 is 1.83 bits per heavy atom. The van der Waals surface area contributed by atoms with Crippen LogP contribution < -0.4 is 10.2 Å². The first-order valence-corrected chi connectivity index (χ1v) is 14.6. The summed E-state index contributed by atoms with van der Waals surface area (Å²) >= 11 is 0. The van der Waals surface area contributed by atoms with E-state index in [0.29, 0.717) is 4.90 Å². The number of benzene rings is 2. The van der Waals surface area contributed by atoms with E-state index in [1.807, 2.05) is 6.07 Å². The van der Waals surface area contributed by atoms with Crippen LogP contribution in [0.25, 0.3) is 0 Å². The number of ketones is 1. The molecule has 1 aliphatic heterocycles. The van der Waals surface area contributed by atoms with Gasteiger partial charge in [0.2, 0.25) is 0 Å². The van der Waals surface area contributed by atoms with E-state index in [1.165, 1.54) is 32.0 Å². The van der Waals surface area contributed by atoms with Crippen molar-refractivity contribution in [3.63, 3.8) is 0 Å². The van der Waals surface area contributed by atoms with E-state index in [4.69, 9.17) is 0 Å². The summed E-state index contributed by atoms with van der Waals surface area (Å²) in [4.78, 5) is 42.2. The highest BCUT2D eigenvalue weighted by Crippen LogP contribution is 2.47. The second kappa shape index (κ2) is 10.9. The molecule has 14 heteroatoms. The van der Waals surface area contributed by atoms with Crippen molar-refractivity contribution >= 4 is 33.4 Å². The van der Waals surface area contributed by atoms with E-state index in [2.05, 4.69) is 5.32 Å². The molecule has 0 spiro atoms. The van der Waals surface area contributed by atoms with Crippen molar-refractivity contribution < 1.29 is 41.1 Å². The van der Waals surface area contributed by atoms with Crippen LogP contribution in [-0.2, 0) is 20.8 Å². The minimum Gasteiger partial charge on any atom is -0.390 e. The highest BCUT2D eigenvalue weighted by atomic mass is 32.2. The van der Waals surface area contributed by atoms with Gasteiger partial charge in [0.25, 0.3) is 0 Å². The lowest BCUT2D eigenvalue weighted by Gasteiger charge is -2.41. The molecule has 0 saturated heterocycles. The monoisotopic (exact) mass is 604 g/mol. The molecule has 42 heavy (non-hydrogen) atoms. The third-order valence-electron chi connectivity index (χ3n) is 6.90. The van der Waals surface area contributed by atoms with Crippen LogP contribution in [0.5, 0.6) is 0 Å². The lowest BCUT2D eigenvalue weighted by Crippen LogP contribution is -2.55. The van der Waals surface area contributed by atoms with Gasteiger partial charge in [-0.3, -0.25) is 9.69 Å². The van der Waals surface area contributed by atoms with Crippen LogP contribution in [0.3, 0.4) is 0 Å². The van der Waals surface area contributed by atoms with Crippen LogP contribution in [0, 0.1) is 11.3 Å². The van der Waals surface area contributed by atoms with Gasteiger partial charge >= 0.3 is 18.2 Å². The van der Waals surface area contributed by atoms with Gasteiger partial charge in [0, 0.05) is 30.5 Å². The molecule has 0 unspecified atom stereocenters. The van der Waals surface area contributed by atoms with Crippen LogP contribution in [0.2, 0.25) is 0 Å². The number of halogens is 3. The van der Waals surface area contributed by atoms with Gasteiger partial charge in [-0.05, 0) is 62.6 Å². The molecule has 10 nitrogen and oxygen atoms in total. The number of hydrogen-bond donors (Lipinski definition) is 2. The number of amides is 4. The molecule has 2 N–H and O–H groups in total. The van der Waals surface area contributed by atoms with E-state index >= 15 is 0 Å². The predicted octanol–water partition coefficient (Wildman–Crippen LogP) is 4.45. The Kier molecular flexibility index (Phi) is 7.96. The Hall–Kier alpha value is -4.22. The number of rotatable bonds is 6. The number of nitrogens with one attached hydrogen (secondary N) is 1. The fourth-order valence-electron chi connectivity index (χ4n) is 4.97. The van der Waals surface area contributed by atoms with Crippen molar-refractivity contribution in [2.45, 2.75) is 55.8 Å². The summed E-state index contributed by atoms with van der Waals surface area (Å²) in [6, 6.07) is 5.51. The van der Waals surface area contributed by atoms with E-state index in [1.54, 1.807) is 0 Å². The number of alkyl halides is 3. The first-order chi connectivity index (χ1) is 19.4. The Bertz CT molecular complexity index is 1650. The number of nitrogens with zero attached hydrogens (tertiary/aromatic N) is 3. The summed E-state index contributed by atoms with van der Waals surface area (Å²) in [6.45, 7) is 2.86. The van der Waals surface area contributed by atoms with Crippen LogP contribution in [0.1, 0.15) is 55.8 Å². The molecule has 2 aromatic rings. The zero-order chi connectivity index (χ0) is 31.2. The third kappa shape index (κ3) is 6.02. The summed E-state index contributed by atoms with van der Waals surface area (Å²) in [5.41, 5.74) is -2.75. The SMILES string of the molecule is CC(C)(O)CCNC(=O)N1C(=O)N(c2cccc(C(F)(F)F)c2)C2=C(C(=O)CC2)[C@H]1c1ccc(C#N)cc1S(C)(=O)=O. The molecule has 1 atom stereocenters. The molecular formula is C28H27F3N4O6S. The lowest BCUT2D eigenvalue weighted by molar-refractivity contribution is -0.137. The van der Waals surface area contributed by atoms with Gasteiger partial charge in [0.1, 0.15) is 6.04 Å². The number of carbonyl (C=O) groups excluding carboxylic acids is 3. The number of carbonyl (C=O) groups is 3. The molecule has 2 aromatic carbocycles. The zero-order valence-electron chi connectivity index (χ0n) is 22.8. The number of nitriles is 1. The predicted molar refractivity (Wildman–Crippen MR) is 144 cm³/mol. The summed E-state index contributed by atoms with van der Waals surface area (Å²) in [7, 11) is -4.08. The number of hydrogen-bond acceptors (Lipinski definition) is 7. The maximum atomic E-state index is 14.1. The van der Waals surface area contributed by atoms with Crippen molar-refractivity contribution in [1.29, 1.82) is 5.26 Å². The molecule has 4 amide bonds. The maximum Gasteiger partial charge on any atom is 0.416 e. The second-order valence-electron chi connectivity index (χ2n) is 10.7. The first kappa shape index (κ1) is 30.7. The highest BCUT2D eigenvalue weighted by Gasteiger charge is 2.49. The summed E-state index contributed by atoms with van der Waals surface area (Å²) < 4.78 is 66.4. The lowest BCUT2D eigenvalue weighted by atomic mass is 9.92. The Morgan fingerprint density at radius 1 is 1.14 bits per heavy atom. The molecule has 0 fully saturated rings. The first-order valence-electron chi connectivity index (χ1n) is 12.7. The number of anilines is 1. The van der Waals surface area contributed by atoms with E-state index in [0.717, 1.165) is 35.4 Å². The quantitative estimate of drug-likeness (QED) is 0.495. The minimum absolute atomic E-state index is 0.0277. The molecule has 0 saturated carbocycles. The Morgan fingerprint density at radius 3 is 2.43 bits per heavy atom. The molecule has 0 aromatic heterocycles. The fourth-order valence-corrected chi connectivity index (χ4v) is 5.91. The van der Waals surface area contributed by atoms with Crippen LogP contribution in [0.15, 0.2) is 58.6 Å². The van der Waals surface area contributed by atoms with Gasteiger partial charge in [-0.15, -0.1) is 0 Å². The largest absolute Gasteiger partial charge is 0.416 e. The molecular weight excluding hydrogens is 577 g/mol. The number of allylic oxidation sites excluding steroid dienone is 1. The molecule has 0 radical (unpaired) electrons. The van der Waals surface area contributed by atoms with Crippen LogP contribution in [-0.4, -0.2) is 54.7 Å². The number of urea groups is 2. The third-order valence-corrected chi connectivity index (χ3v) is 8.05. The average molecular weight is 605 g/mol. The normalized spacial score (nSPS) is 17.8. The van der Waals surface area contributed by atoms with Crippen molar-refractivity contribution in [3.8, 4) is 6.07 Å². The van der Waals surface area contributed by atoms with Crippen molar-refractivity contribution in [2.75, 3.05) is 17.7 Å². The zero-order valence-corrected chi connectivity index (χ0v) is 23.6. The summed E-state index contributed by atoms with van der Waals surface area (Å²) in [5, 5.41) is 21.9. The summed E-state index contributed by atoms with van der Waals surface area (Å²) in [5.74, 6) is -0.530. The molecule has 222 valence electrons. The number of aliphatic hydroxyl groups is 1. The van der Waals surface area contributed by atoms with Gasteiger partial charge in [-0.2, -0.15) is 18.4 Å². The second-order valence-corrected chi connectivity index (χ2v) is 12.6. The molecule has 2 aliphatic rings. The molecule has 1 heterocycles. The number of Topliss-reactive ketones (excluding diaryl/α,β-unsaturated/α-hetero) is 1. The van der Waals surface area contributed by atoms with Gasteiger partial charge in [0.15, 0.2) is 15.6 Å². The topological polar surface area (TPSA) is 148 Å². The van der Waals surface area contributed by atoms with Crippen molar-refractivity contribution in [2.24, 2.45) is 0 Å². The van der Waals surface area contributed by atoms with Crippen molar-refractivity contribution in [3.05, 3.63) is 70.4 Å². The van der Waals surface area contributed by atoms with Gasteiger partial charge in [-0.25, -0.2) is 22.9 Å². The van der Waals surface area contributed by atoms with Crippen molar-refractivity contribution in [1.82, 2.24) is 10.2 Å². The molecule has 1 aliphatic carbocycles.